The zero-order valence-electron chi connectivity index (χ0n) is 18.5. The van der Waals surface area contributed by atoms with Crippen LogP contribution in [0.4, 0.5) is 0 Å². The van der Waals surface area contributed by atoms with Gasteiger partial charge in [-0.05, 0) is 36.4 Å². The molecule has 32 heavy (non-hydrogen) atoms. The average molecular weight is 428 g/mol. The maximum Gasteiger partial charge on any atom is 0.122 e. The first-order chi connectivity index (χ1) is 15.8. The van der Waals surface area contributed by atoms with Crippen LogP contribution in [0.3, 0.4) is 0 Å². The van der Waals surface area contributed by atoms with E-state index in [1.165, 1.54) is 0 Å². The molecule has 4 heterocycles. The molecule has 0 fully saturated rings. The molecular weight excluding hydrogens is 398 g/mol. The van der Waals surface area contributed by atoms with Crippen LogP contribution >= 0.6 is 0 Å². The normalized spacial score (nSPS) is 11.3. The van der Waals surface area contributed by atoms with Crippen LogP contribution in [-0.2, 0) is 33.2 Å². The van der Waals surface area contributed by atoms with Crippen molar-refractivity contribution in [2.45, 2.75) is 26.2 Å². The Hall–Kier alpha value is -3.42. The lowest BCUT2D eigenvalue weighted by Gasteiger charge is -2.27. The van der Waals surface area contributed by atoms with E-state index in [1.54, 1.807) is 0 Å². The molecule has 7 nitrogen and oxygen atoms in total. The molecule has 0 saturated carbocycles. The predicted octanol–water partition coefficient (Wildman–Crippen LogP) is 3.31. The molecule has 0 unspecified atom stereocenters. The van der Waals surface area contributed by atoms with Crippen LogP contribution in [-0.4, -0.2) is 47.4 Å². The second kappa shape index (κ2) is 11.3. The lowest BCUT2D eigenvalue weighted by atomic mass is 10.2. The van der Waals surface area contributed by atoms with E-state index in [4.69, 9.17) is 0 Å². The summed E-state index contributed by atoms with van der Waals surface area (Å²) >= 11 is 0. The topological polar surface area (TPSA) is 63.0 Å². The number of hydrogen-bond donors (Lipinski definition) is 0. The Morgan fingerprint density at radius 3 is 1.44 bits per heavy atom. The fourth-order valence-electron chi connectivity index (χ4n) is 3.62. The van der Waals surface area contributed by atoms with E-state index in [9.17, 15) is 0 Å². The van der Waals surface area contributed by atoms with E-state index in [0.717, 1.165) is 62.2 Å². The van der Waals surface area contributed by atoms with Crippen molar-refractivity contribution >= 4 is 0 Å². The summed E-state index contributed by atoms with van der Waals surface area (Å²) in [6.07, 6.45) is 9.39. The molecule has 4 aromatic rings. The molecule has 4 rings (SSSR count). The van der Waals surface area contributed by atoms with Crippen LogP contribution in [0.1, 0.15) is 22.9 Å². The number of hydrogen-bond acceptors (Lipinski definition) is 6. The molecule has 0 aliphatic carbocycles. The Balaban J connectivity index is 1.47. The molecule has 164 valence electrons. The number of nitrogens with zero attached hydrogens (tertiary/aromatic N) is 7. The Labute approximate surface area is 189 Å². The van der Waals surface area contributed by atoms with Gasteiger partial charge in [-0.3, -0.25) is 24.8 Å². The van der Waals surface area contributed by atoms with Crippen LogP contribution in [0.2, 0.25) is 0 Å². The van der Waals surface area contributed by atoms with Gasteiger partial charge in [-0.1, -0.05) is 18.2 Å². The molecule has 0 amide bonds. The molecule has 0 atom stereocenters. The second-order valence-electron chi connectivity index (χ2n) is 7.84. The molecule has 0 N–H and O–H groups in total. The molecule has 0 radical (unpaired) electrons. The molecule has 0 bridgehead atoms. The van der Waals surface area contributed by atoms with Gasteiger partial charge in [0.25, 0.3) is 0 Å². The third-order valence-corrected chi connectivity index (χ3v) is 5.35. The highest BCUT2D eigenvalue weighted by Gasteiger charge is 2.15. The van der Waals surface area contributed by atoms with Gasteiger partial charge in [0.15, 0.2) is 0 Å². The van der Waals surface area contributed by atoms with Gasteiger partial charge in [0.05, 0.1) is 23.6 Å². The summed E-state index contributed by atoms with van der Waals surface area (Å²) in [7, 11) is 2.04. The fourth-order valence-corrected chi connectivity index (χ4v) is 3.62. The van der Waals surface area contributed by atoms with Gasteiger partial charge in [0.2, 0.25) is 0 Å². The first kappa shape index (κ1) is 21.8. The quantitative estimate of drug-likeness (QED) is 0.366. The summed E-state index contributed by atoms with van der Waals surface area (Å²) in [4.78, 5) is 22.9. The van der Waals surface area contributed by atoms with E-state index in [1.807, 2.05) is 74.4 Å². The van der Waals surface area contributed by atoms with Crippen molar-refractivity contribution in [3.8, 4) is 0 Å². The zero-order chi connectivity index (χ0) is 22.0. The van der Waals surface area contributed by atoms with Crippen LogP contribution in [0.25, 0.3) is 0 Å². The van der Waals surface area contributed by atoms with E-state index < -0.39 is 0 Å². The minimum atomic E-state index is 0.765. The van der Waals surface area contributed by atoms with Crippen molar-refractivity contribution in [1.29, 1.82) is 0 Å². The van der Waals surface area contributed by atoms with Gasteiger partial charge >= 0.3 is 0 Å². The minimum Gasteiger partial charge on any atom is -0.337 e. The number of pyridine rings is 3. The van der Waals surface area contributed by atoms with Gasteiger partial charge in [0, 0.05) is 70.8 Å². The maximum absolute atomic E-state index is 4.53. The predicted molar refractivity (Wildman–Crippen MR) is 124 cm³/mol. The SMILES string of the molecule is Cn1ccnc1CN(CCN(Cc1ccccn1)Cc1ccccn1)Cc1ccccn1. The fraction of sp³-hybridized carbons (Fsp3) is 0.280. The van der Waals surface area contributed by atoms with Crippen LogP contribution in [0.15, 0.2) is 85.6 Å². The highest BCUT2D eigenvalue weighted by molar-refractivity contribution is 5.07. The standard InChI is InChI=1S/C25H29N7/c1-30-15-14-29-25(30)21-32(20-24-10-4-7-13-28-24)17-16-31(18-22-8-2-5-11-26-22)19-23-9-3-6-12-27-23/h2-15H,16-21H2,1H3. The molecular formula is C25H29N7. The summed E-state index contributed by atoms with van der Waals surface area (Å²) in [6.45, 7) is 4.85. The number of rotatable bonds is 11. The van der Waals surface area contributed by atoms with E-state index >= 15 is 0 Å². The molecule has 0 aromatic carbocycles. The van der Waals surface area contributed by atoms with Gasteiger partial charge < -0.3 is 4.57 Å². The van der Waals surface area contributed by atoms with Crippen molar-refractivity contribution < 1.29 is 0 Å². The number of aromatic nitrogens is 5. The Morgan fingerprint density at radius 1 is 0.594 bits per heavy atom. The van der Waals surface area contributed by atoms with Gasteiger partial charge in [-0.15, -0.1) is 0 Å². The lowest BCUT2D eigenvalue weighted by molar-refractivity contribution is 0.175. The van der Waals surface area contributed by atoms with Crippen LogP contribution in [0, 0.1) is 0 Å². The van der Waals surface area contributed by atoms with Crippen molar-refractivity contribution in [2.24, 2.45) is 7.05 Å². The average Bonchev–Trinajstić information content (AvgIpc) is 3.23. The zero-order valence-corrected chi connectivity index (χ0v) is 18.5. The summed E-state index contributed by atoms with van der Waals surface area (Å²) in [6, 6.07) is 18.2. The second-order valence-corrected chi connectivity index (χ2v) is 7.84. The highest BCUT2D eigenvalue weighted by Crippen LogP contribution is 2.11. The summed E-state index contributed by atoms with van der Waals surface area (Å²) in [5.41, 5.74) is 3.18. The first-order valence-corrected chi connectivity index (χ1v) is 10.9. The molecule has 4 aromatic heterocycles. The summed E-state index contributed by atoms with van der Waals surface area (Å²) < 4.78 is 2.07. The molecule has 0 aliphatic heterocycles. The molecule has 0 saturated heterocycles. The third-order valence-electron chi connectivity index (χ3n) is 5.35. The Kier molecular flexibility index (Phi) is 7.68. The van der Waals surface area contributed by atoms with Crippen molar-refractivity contribution in [2.75, 3.05) is 13.1 Å². The smallest absolute Gasteiger partial charge is 0.122 e. The van der Waals surface area contributed by atoms with E-state index in [2.05, 4.69) is 52.5 Å². The maximum atomic E-state index is 4.53. The largest absolute Gasteiger partial charge is 0.337 e. The van der Waals surface area contributed by atoms with Gasteiger partial charge in [-0.2, -0.15) is 0 Å². The van der Waals surface area contributed by atoms with Crippen LogP contribution < -0.4 is 0 Å². The molecule has 0 aliphatic rings. The highest BCUT2D eigenvalue weighted by atomic mass is 15.2. The summed E-state index contributed by atoms with van der Waals surface area (Å²) in [5, 5.41) is 0. The Morgan fingerprint density at radius 2 is 1.06 bits per heavy atom. The molecule has 0 spiro atoms. The summed E-state index contributed by atoms with van der Waals surface area (Å²) in [5.74, 6) is 1.04. The van der Waals surface area contributed by atoms with Crippen LogP contribution in [0.5, 0.6) is 0 Å². The minimum absolute atomic E-state index is 0.765. The van der Waals surface area contributed by atoms with Crippen molar-refractivity contribution in [3.05, 3.63) is 108 Å². The lowest BCUT2D eigenvalue weighted by Crippen LogP contribution is -2.35. The number of aryl methyl sites for hydroxylation is 1. The number of imidazole rings is 1. The Bertz CT molecular complexity index is 1010. The van der Waals surface area contributed by atoms with E-state index in [-0.39, 0.29) is 0 Å². The third kappa shape index (κ3) is 6.54. The van der Waals surface area contributed by atoms with Crippen molar-refractivity contribution in [1.82, 2.24) is 34.3 Å². The molecule has 7 heteroatoms. The van der Waals surface area contributed by atoms with Gasteiger partial charge in [0.1, 0.15) is 5.82 Å². The monoisotopic (exact) mass is 427 g/mol. The van der Waals surface area contributed by atoms with E-state index in [0.29, 0.717) is 0 Å². The van der Waals surface area contributed by atoms with Crippen molar-refractivity contribution in [3.63, 3.8) is 0 Å². The first-order valence-electron chi connectivity index (χ1n) is 10.9. The van der Waals surface area contributed by atoms with Gasteiger partial charge in [-0.25, -0.2) is 4.98 Å².